The van der Waals surface area contributed by atoms with E-state index in [0.717, 1.165) is 0 Å². The summed E-state index contributed by atoms with van der Waals surface area (Å²) in [7, 11) is -2.12. The average Bonchev–Trinajstić information content (AvgIpc) is 2.90. The molecule has 0 spiro atoms. The lowest BCUT2D eigenvalue weighted by Crippen LogP contribution is -2.38. The lowest BCUT2D eigenvalue weighted by molar-refractivity contribution is 0.167. The largest absolute Gasteiger partial charge is 0.453 e. The smallest absolute Gasteiger partial charge is 0.407 e. The Bertz CT molecular complexity index is 600. The molecule has 1 heterocycles. The van der Waals surface area contributed by atoms with E-state index in [1.807, 2.05) is 0 Å². The van der Waals surface area contributed by atoms with Gasteiger partial charge >= 0.3 is 6.09 Å². The van der Waals surface area contributed by atoms with Gasteiger partial charge in [-0.3, -0.25) is 0 Å². The van der Waals surface area contributed by atoms with Crippen molar-refractivity contribution in [2.45, 2.75) is 18.2 Å². The molecule has 1 atom stereocenters. The van der Waals surface area contributed by atoms with Crippen LogP contribution in [0.25, 0.3) is 0 Å². The van der Waals surface area contributed by atoms with E-state index in [1.54, 1.807) is 24.3 Å². The first-order valence-electron chi connectivity index (χ1n) is 6.57. The van der Waals surface area contributed by atoms with E-state index in [4.69, 9.17) is 5.73 Å². The van der Waals surface area contributed by atoms with Crippen LogP contribution in [0.15, 0.2) is 24.3 Å². The number of hydrogen-bond acceptors (Lipinski definition) is 5. The fraction of sp³-hybridized carbons (Fsp3) is 0.462. The molecule has 0 bridgehead atoms. The number of alkyl carbamates (subject to hydrolysis) is 1. The fourth-order valence-electron chi connectivity index (χ4n) is 2.24. The molecule has 3 N–H and O–H groups in total. The molecule has 0 saturated carbocycles. The molecule has 0 radical (unpaired) electrons. The minimum atomic E-state index is -3.40. The fourth-order valence-corrected chi connectivity index (χ4v) is 3.83. The van der Waals surface area contributed by atoms with E-state index in [-0.39, 0.29) is 18.3 Å². The number of nitrogen functional groups attached to an aromatic ring is 1. The molecule has 2 rings (SSSR count). The van der Waals surface area contributed by atoms with Gasteiger partial charge in [-0.05, 0) is 24.1 Å². The lowest BCUT2D eigenvalue weighted by Gasteiger charge is -2.17. The molecule has 1 amide bonds. The molecule has 116 valence electrons. The highest BCUT2D eigenvalue weighted by molar-refractivity contribution is 7.88. The molecule has 8 heteroatoms. The lowest BCUT2D eigenvalue weighted by atomic mass is 10.2. The Morgan fingerprint density at radius 3 is 2.71 bits per heavy atom. The third-order valence-corrected chi connectivity index (χ3v) is 5.20. The van der Waals surface area contributed by atoms with Crippen LogP contribution >= 0.6 is 0 Å². The van der Waals surface area contributed by atoms with Crippen LogP contribution in [0.4, 0.5) is 10.5 Å². The van der Waals surface area contributed by atoms with Gasteiger partial charge in [0.15, 0.2) is 0 Å². The molecule has 0 aromatic heterocycles. The number of rotatable bonds is 4. The van der Waals surface area contributed by atoms with E-state index in [2.05, 4.69) is 10.1 Å². The SMILES string of the molecule is COC(=O)NC1CCN(S(=O)(=O)Cc2ccc(N)cc2)C1. The first-order valence-corrected chi connectivity index (χ1v) is 8.18. The average molecular weight is 313 g/mol. The molecule has 21 heavy (non-hydrogen) atoms. The number of hydrogen-bond donors (Lipinski definition) is 2. The number of nitrogens with zero attached hydrogens (tertiary/aromatic N) is 1. The first-order chi connectivity index (χ1) is 9.90. The van der Waals surface area contributed by atoms with Crippen LogP contribution in [-0.2, 0) is 20.5 Å². The Balaban J connectivity index is 1.97. The van der Waals surface area contributed by atoms with E-state index >= 15 is 0 Å². The summed E-state index contributed by atoms with van der Waals surface area (Å²) in [4.78, 5) is 11.1. The maximum Gasteiger partial charge on any atom is 0.407 e. The van der Waals surface area contributed by atoms with Crippen molar-refractivity contribution < 1.29 is 17.9 Å². The number of methoxy groups -OCH3 is 1. The predicted octanol–water partition coefficient (Wildman–Crippen LogP) is 0.529. The van der Waals surface area contributed by atoms with Crippen LogP contribution in [-0.4, -0.2) is 45.1 Å². The van der Waals surface area contributed by atoms with Crippen LogP contribution in [0.3, 0.4) is 0 Å². The van der Waals surface area contributed by atoms with Crippen LogP contribution in [0.5, 0.6) is 0 Å². The van der Waals surface area contributed by atoms with Crippen LogP contribution in [0, 0.1) is 0 Å². The van der Waals surface area contributed by atoms with Gasteiger partial charge in [0.25, 0.3) is 0 Å². The van der Waals surface area contributed by atoms with E-state index < -0.39 is 16.1 Å². The summed E-state index contributed by atoms with van der Waals surface area (Å²) in [6.07, 6.45) is 0.0357. The highest BCUT2D eigenvalue weighted by Gasteiger charge is 2.32. The Morgan fingerprint density at radius 1 is 1.43 bits per heavy atom. The van der Waals surface area contributed by atoms with Gasteiger partial charge in [0.2, 0.25) is 10.0 Å². The number of benzene rings is 1. The highest BCUT2D eigenvalue weighted by Crippen LogP contribution is 2.18. The predicted molar refractivity (Wildman–Crippen MR) is 79.0 cm³/mol. The maximum absolute atomic E-state index is 12.3. The molecule has 1 fully saturated rings. The third kappa shape index (κ3) is 4.08. The van der Waals surface area contributed by atoms with Crippen molar-refractivity contribution >= 4 is 21.8 Å². The molecule has 0 aliphatic carbocycles. The van der Waals surface area contributed by atoms with Gasteiger partial charge in [0.05, 0.1) is 12.9 Å². The van der Waals surface area contributed by atoms with Gasteiger partial charge < -0.3 is 15.8 Å². The Hall–Kier alpha value is -1.80. The quantitative estimate of drug-likeness (QED) is 0.790. The van der Waals surface area contributed by atoms with Crippen molar-refractivity contribution in [1.82, 2.24) is 9.62 Å². The van der Waals surface area contributed by atoms with Gasteiger partial charge in [-0.2, -0.15) is 4.31 Å². The second-order valence-corrected chi connectivity index (χ2v) is 6.95. The van der Waals surface area contributed by atoms with E-state index in [0.29, 0.717) is 24.2 Å². The van der Waals surface area contributed by atoms with E-state index in [9.17, 15) is 13.2 Å². The van der Waals surface area contributed by atoms with Gasteiger partial charge in [0.1, 0.15) is 0 Å². The number of amides is 1. The summed E-state index contributed by atoms with van der Waals surface area (Å²) in [5.41, 5.74) is 6.86. The standard InChI is InChI=1S/C13H19N3O4S/c1-20-13(17)15-12-6-7-16(8-12)21(18,19)9-10-2-4-11(14)5-3-10/h2-5,12H,6-9,14H2,1H3,(H,15,17). The normalized spacial score (nSPS) is 19.4. The maximum atomic E-state index is 12.3. The number of sulfonamides is 1. The molecule has 1 saturated heterocycles. The van der Waals surface area contributed by atoms with Crippen molar-refractivity contribution in [1.29, 1.82) is 0 Å². The summed E-state index contributed by atoms with van der Waals surface area (Å²) in [6, 6.07) is 6.55. The second-order valence-electron chi connectivity index (χ2n) is 4.98. The van der Waals surface area contributed by atoms with Crippen molar-refractivity contribution in [2.24, 2.45) is 0 Å². The molecule has 7 nitrogen and oxygen atoms in total. The van der Waals surface area contributed by atoms with Crippen LogP contribution < -0.4 is 11.1 Å². The van der Waals surface area contributed by atoms with Crippen molar-refractivity contribution in [3.63, 3.8) is 0 Å². The molecule has 1 aromatic carbocycles. The number of nitrogens with two attached hydrogens (primary N) is 1. The number of carbonyl (C=O) groups is 1. The summed E-state index contributed by atoms with van der Waals surface area (Å²) in [6.45, 7) is 0.665. The number of nitrogens with one attached hydrogen (secondary N) is 1. The van der Waals surface area contributed by atoms with E-state index in [1.165, 1.54) is 11.4 Å². The summed E-state index contributed by atoms with van der Waals surface area (Å²) in [5, 5.41) is 2.62. The number of ether oxygens (including phenoxy) is 1. The summed E-state index contributed by atoms with van der Waals surface area (Å²) < 4.78 is 30.6. The topological polar surface area (TPSA) is 102 Å². The number of anilines is 1. The molecule has 1 aromatic rings. The van der Waals surface area contributed by atoms with Crippen molar-refractivity contribution in [2.75, 3.05) is 25.9 Å². The second kappa shape index (κ2) is 6.31. The summed E-state index contributed by atoms with van der Waals surface area (Å²) in [5.74, 6) is -0.0712. The first kappa shape index (κ1) is 15.6. The molecule has 1 aliphatic rings. The summed E-state index contributed by atoms with van der Waals surface area (Å²) >= 11 is 0. The number of carbonyl (C=O) groups excluding carboxylic acids is 1. The van der Waals surface area contributed by atoms with Gasteiger partial charge in [-0.1, -0.05) is 12.1 Å². The minimum Gasteiger partial charge on any atom is -0.453 e. The Morgan fingerprint density at radius 2 is 2.10 bits per heavy atom. The van der Waals surface area contributed by atoms with Crippen LogP contribution in [0.1, 0.15) is 12.0 Å². The zero-order valence-electron chi connectivity index (χ0n) is 11.8. The molecular weight excluding hydrogens is 294 g/mol. The molecular formula is C13H19N3O4S. The van der Waals surface area contributed by atoms with Crippen LogP contribution in [0.2, 0.25) is 0 Å². The van der Waals surface area contributed by atoms with Crippen molar-refractivity contribution in [3.8, 4) is 0 Å². The van der Waals surface area contributed by atoms with Crippen molar-refractivity contribution in [3.05, 3.63) is 29.8 Å². The zero-order valence-corrected chi connectivity index (χ0v) is 12.6. The van der Waals surface area contributed by atoms with Gasteiger partial charge in [0, 0.05) is 24.8 Å². The molecule has 1 unspecified atom stereocenters. The minimum absolute atomic E-state index is 0.0712. The monoisotopic (exact) mass is 313 g/mol. The Labute approximate surface area is 124 Å². The Kier molecular flexibility index (Phi) is 4.69. The third-order valence-electron chi connectivity index (χ3n) is 3.38. The molecule has 1 aliphatic heterocycles. The highest BCUT2D eigenvalue weighted by atomic mass is 32.2. The van der Waals surface area contributed by atoms with Gasteiger partial charge in [-0.25, -0.2) is 13.2 Å². The van der Waals surface area contributed by atoms with Gasteiger partial charge in [-0.15, -0.1) is 0 Å². The zero-order chi connectivity index (χ0) is 15.5.